The van der Waals surface area contributed by atoms with E-state index < -0.39 is 23.6 Å². The molecule has 0 spiro atoms. The number of nitrogens with zero attached hydrogens (tertiary/aromatic N) is 4. The zero-order valence-electron chi connectivity index (χ0n) is 15.6. The number of thiazole rings is 1. The number of benzene rings is 1. The number of alkyl halides is 2. The molecule has 5 heterocycles. The molecule has 7 nitrogen and oxygen atoms in total. The molecule has 0 aliphatic carbocycles. The third kappa shape index (κ3) is 2.95. The minimum absolute atomic E-state index is 0.00815. The number of hydrogen-bond donors (Lipinski definition) is 1. The van der Waals surface area contributed by atoms with Gasteiger partial charge in [0.05, 0.1) is 5.52 Å². The Bertz CT molecular complexity index is 1150. The lowest BCUT2D eigenvalue weighted by atomic mass is 9.89. The lowest BCUT2D eigenvalue weighted by Crippen LogP contribution is -2.66. The number of nitrogens with two attached hydrogens (primary N) is 1. The first kappa shape index (κ1) is 19.3. The molecule has 1 aromatic carbocycles. The first-order chi connectivity index (χ1) is 14.4. The van der Waals surface area contributed by atoms with Crippen molar-refractivity contribution in [3.63, 3.8) is 0 Å². The molecule has 2 amide bonds. The van der Waals surface area contributed by atoms with Crippen molar-refractivity contribution < 1.29 is 18.4 Å². The lowest BCUT2D eigenvalue weighted by molar-refractivity contribution is -0.168. The predicted molar refractivity (Wildman–Crippen MR) is 110 cm³/mol. The Morgan fingerprint density at radius 3 is 2.50 bits per heavy atom. The van der Waals surface area contributed by atoms with E-state index in [0.29, 0.717) is 17.7 Å². The van der Waals surface area contributed by atoms with Gasteiger partial charge in [0.15, 0.2) is 5.13 Å². The summed E-state index contributed by atoms with van der Waals surface area (Å²) >= 11 is 2.01. The number of piperazine rings is 1. The van der Waals surface area contributed by atoms with Crippen LogP contribution in [-0.4, -0.2) is 56.1 Å². The SMILES string of the molecule is Nc1nc(C(F)(F)C(=O)N2CC3CCC2CN3C(=O)c2snc3ccccc23)cs1. The lowest BCUT2D eigenvalue weighted by Gasteiger charge is -2.51. The van der Waals surface area contributed by atoms with Crippen molar-refractivity contribution >= 4 is 50.7 Å². The molecular formula is C19H17F2N5O2S2. The van der Waals surface area contributed by atoms with Crippen LogP contribution in [0.5, 0.6) is 0 Å². The average Bonchev–Trinajstić information content (AvgIpc) is 3.39. The summed E-state index contributed by atoms with van der Waals surface area (Å²) in [6.45, 7) is 0.317. The molecule has 2 aromatic heterocycles. The van der Waals surface area contributed by atoms with Gasteiger partial charge in [0.2, 0.25) is 0 Å². The summed E-state index contributed by atoms with van der Waals surface area (Å²) in [5, 5.41) is 1.89. The predicted octanol–water partition coefficient (Wildman–Crippen LogP) is 2.94. The molecule has 6 rings (SSSR count). The van der Waals surface area contributed by atoms with Gasteiger partial charge in [0.25, 0.3) is 11.8 Å². The van der Waals surface area contributed by atoms with Gasteiger partial charge >= 0.3 is 5.92 Å². The number of rotatable bonds is 3. The first-order valence-corrected chi connectivity index (χ1v) is 11.1. The topological polar surface area (TPSA) is 92.4 Å². The number of nitrogen functional groups attached to an aromatic ring is 1. The van der Waals surface area contributed by atoms with Crippen LogP contribution in [0.2, 0.25) is 0 Å². The van der Waals surface area contributed by atoms with Crippen molar-refractivity contribution in [3.8, 4) is 0 Å². The first-order valence-electron chi connectivity index (χ1n) is 9.42. The second-order valence-electron chi connectivity index (χ2n) is 7.47. The van der Waals surface area contributed by atoms with Gasteiger partial charge < -0.3 is 15.5 Å². The fourth-order valence-electron chi connectivity index (χ4n) is 4.22. The van der Waals surface area contributed by atoms with Gasteiger partial charge in [-0.2, -0.15) is 13.2 Å². The van der Waals surface area contributed by atoms with E-state index in [1.165, 1.54) is 4.90 Å². The highest BCUT2D eigenvalue weighted by Gasteiger charge is 2.52. The van der Waals surface area contributed by atoms with Gasteiger partial charge in [0, 0.05) is 35.9 Å². The van der Waals surface area contributed by atoms with Crippen molar-refractivity contribution in [1.82, 2.24) is 19.2 Å². The third-order valence-electron chi connectivity index (χ3n) is 5.74. The van der Waals surface area contributed by atoms with Crippen LogP contribution in [0.3, 0.4) is 0 Å². The highest BCUT2D eigenvalue weighted by Crippen LogP contribution is 2.38. The number of halogens is 2. The fourth-order valence-corrected chi connectivity index (χ4v) is 5.62. The quantitative estimate of drug-likeness (QED) is 0.664. The summed E-state index contributed by atoms with van der Waals surface area (Å²) in [6.07, 6.45) is 1.26. The smallest absolute Gasteiger partial charge is 0.367 e. The third-order valence-corrected chi connectivity index (χ3v) is 7.28. The Morgan fingerprint density at radius 2 is 1.83 bits per heavy atom. The Balaban J connectivity index is 1.37. The number of amides is 2. The largest absolute Gasteiger partial charge is 0.375 e. The van der Waals surface area contributed by atoms with E-state index in [4.69, 9.17) is 5.73 Å². The van der Waals surface area contributed by atoms with E-state index in [-0.39, 0.29) is 30.2 Å². The number of hydrogen-bond acceptors (Lipinski definition) is 7. The van der Waals surface area contributed by atoms with E-state index in [1.807, 2.05) is 24.3 Å². The van der Waals surface area contributed by atoms with Crippen molar-refractivity contribution in [2.75, 3.05) is 18.8 Å². The second kappa shape index (κ2) is 6.95. The van der Waals surface area contributed by atoms with E-state index in [0.717, 1.165) is 39.2 Å². The Hall–Kier alpha value is -2.66. The highest BCUT2D eigenvalue weighted by atomic mass is 32.1. The molecule has 3 aliphatic heterocycles. The molecular weight excluding hydrogens is 432 g/mol. The summed E-state index contributed by atoms with van der Waals surface area (Å²) < 4.78 is 33.8. The van der Waals surface area contributed by atoms with Crippen LogP contribution in [0.25, 0.3) is 10.9 Å². The van der Waals surface area contributed by atoms with Gasteiger partial charge in [-0.25, -0.2) is 4.98 Å². The maximum Gasteiger partial charge on any atom is 0.367 e. The molecule has 156 valence electrons. The molecule has 2 bridgehead atoms. The molecule has 3 aliphatic rings. The Morgan fingerprint density at radius 1 is 1.13 bits per heavy atom. The van der Waals surface area contributed by atoms with Crippen LogP contribution < -0.4 is 5.73 Å². The molecule has 0 saturated carbocycles. The number of anilines is 1. The molecule has 3 fully saturated rings. The summed E-state index contributed by atoms with van der Waals surface area (Å²) in [6, 6.07) is 6.65. The van der Waals surface area contributed by atoms with Gasteiger partial charge in [-0.05, 0) is 30.4 Å². The molecule has 2 unspecified atom stereocenters. The number of fused-ring (bicyclic) bond motifs is 4. The maximum atomic E-state index is 14.7. The van der Waals surface area contributed by atoms with E-state index in [9.17, 15) is 18.4 Å². The standard InChI is InChI=1S/C19H17F2N5O2S2/c20-19(21,14-9-29-18(22)23-14)17(28)26-8-10-5-6-11(26)7-25(10)16(27)15-12-3-1-2-4-13(12)24-30-15/h1-4,9-11H,5-8H2,(H2,22,23). The normalized spacial score (nSPS) is 21.4. The van der Waals surface area contributed by atoms with Crippen molar-refractivity contribution in [2.45, 2.75) is 30.8 Å². The number of carbonyl (C=O) groups is 2. The molecule has 0 radical (unpaired) electrons. The van der Waals surface area contributed by atoms with Crippen LogP contribution in [0.15, 0.2) is 29.6 Å². The van der Waals surface area contributed by atoms with Gasteiger partial charge in [0.1, 0.15) is 10.6 Å². The Labute approximate surface area is 178 Å². The van der Waals surface area contributed by atoms with Crippen LogP contribution in [0.1, 0.15) is 28.2 Å². The number of carbonyl (C=O) groups excluding carboxylic acids is 2. The van der Waals surface area contributed by atoms with Crippen LogP contribution >= 0.6 is 22.9 Å². The van der Waals surface area contributed by atoms with E-state index >= 15 is 0 Å². The second-order valence-corrected chi connectivity index (χ2v) is 9.14. The van der Waals surface area contributed by atoms with Crippen molar-refractivity contribution in [2.24, 2.45) is 0 Å². The summed E-state index contributed by atoms with van der Waals surface area (Å²) in [5.41, 5.74) is 5.58. The van der Waals surface area contributed by atoms with Gasteiger partial charge in [-0.3, -0.25) is 9.59 Å². The molecule has 30 heavy (non-hydrogen) atoms. The van der Waals surface area contributed by atoms with Gasteiger partial charge in [-0.15, -0.1) is 11.3 Å². The summed E-state index contributed by atoms with van der Waals surface area (Å²) in [4.78, 5) is 32.9. The van der Waals surface area contributed by atoms with E-state index in [2.05, 4.69) is 9.36 Å². The van der Waals surface area contributed by atoms with Crippen molar-refractivity contribution in [3.05, 3.63) is 40.2 Å². The average molecular weight is 450 g/mol. The van der Waals surface area contributed by atoms with Crippen LogP contribution in [0, 0.1) is 0 Å². The minimum atomic E-state index is -3.74. The molecule has 2 N–H and O–H groups in total. The molecule has 2 atom stereocenters. The van der Waals surface area contributed by atoms with Crippen LogP contribution in [0.4, 0.5) is 13.9 Å². The zero-order chi connectivity index (χ0) is 21.0. The number of piperidine rings is 2. The Kier molecular flexibility index (Phi) is 4.47. The zero-order valence-corrected chi connectivity index (χ0v) is 17.3. The minimum Gasteiger partial charge on any atom is -0.375 e. The van der Waals surface area contributed by atoms with E-state index in [1.54, 1.807) is 4.90 Å². The number of aromatic nitrogens is 2. The molecule has 11 heteroatoms. The summed E-state index contributed by atoms with van der Waals surface area (Å²) in [7, 11) is 0. The fraction of sp³-hybridized carbons (Fsp3) is 0.368. The van der Waals surface area contributed by atoms with Gasteiger partial charge in [-0.1, -0.05) is 18.2 Å². The summed E-state index contributed by atoms with van der Waals surface area (Å²) in [5.74, 6) is -5.18. The maximum absolute atomic E-state index is 14.7. The molecule has 3 aromatic rings. The van der Waals surface area contributed by atoms with Crippen LogP contribution in [-0.2, 0) is 10.7 Å². The highest BCUT2D eigenvalue weighted by molar-refractivity contribution is 7.13. The van der Waals surface area contributed by atoms with Crippen molar-refractivity contribution in [1.29, 1.82) is 0 Å². The molecule has 3 saturated heterocycles. The monoisotopic (exact) mass is 449 g/mol.